The van der Waals surface area contributed by atoms with Gasteiger partial charge in [-0.05, 0) is 62.6 Å². The Morgan fingerprint density at radius 3 is 2.30 bits per heavy atom. The van der Waals surface area contributed by atoms with Crippen molar-refractivity contribution in [2.75, 3.05) is 34.0 Å². The Morgan fingerprint density at radius 2 is 1.62 bits per heavy atom. The molecular formula is C32H35NO7. The second-order valence-corrected chi connectivity index (χ2v) is 9.37. The third-order valence-electron chi connectivity index (χ3n) is 6.81. The van der Waals surface area contributed by atoms with Gasteiger partial charge in [0.1, 0.15) is 17.3 Å². The molecule has 1 atom stereocenters. The van der Waals surface area contributed by atoms with E-state index in [0.29, 0.717) is 48.2 Å². The molecule has 3 aromatic carbocycles. The first kappa shape index (κ1) is 28.5. The predicted octanol–water partition coefficient (Wildman–Crippen LogP) is 5.47. The number of amides is 1. The van der Waals surface area contributed by atoms with E-state index in [2.05, 4.69) is 0 Å². The van der Waals surface area contributed by atoms with Crippen molar-refractivity contribution in [2.45, 2.75) is 33.2 Å². The summed E-state index contributed by atoms with van der Waals surface area (Å²) in [5, 5.41) is 11.6. The topological polar surface area (TPSA) is 94.5 Å². The van der Waals surface area contributed by atoms with E-state index in [4.69, 9.17) is 18.9 Å². The first-order valence-corrected chi connectivity index (χ1v) is 13.3. The van der Waals surface area contributed by atoms with Crippen molar-refractivity contribution in [3.05, 3.63) is 88.5 Å². The standard InChI is InChI=1S/C32H35NO7/c1-6-39-23-12-13-24(26(19-23)40-7-2)30(34)28-29(22-10-8-9-20(3)17-22)33(32(36)31(28)35)16-15-21-11-14-25(37-4)27(18-21)38-5/h8-14,17-19,29,34H,6-7,15-16H2,1-5H3/b30-28-. The largest absolute Gasteiger partial charge is 0.507 e. The van der Waals surface area contributed by atoms with Gasteiger partial charge in [0, 0.05) is 12.6 Å². The van der Waals surface area contributed by atoms with Crippen LogP contribution in [0.1, 0.15) is 42.1 Å². The van der Waals surface area contributed by atoms with Crippen LogP contribution in [0.2, 0.25) is 0 Å². The minimum atomic E-state index is -0.777. The molecule has 0 spiro atoms. The van der Waals surface area contributed by atoms with E-state index in [0.717, 1.165) is 16.7 Å². The molecule has 1 unspecified atom stereocenters. The van der Waals surface area contributed by atoms with Crippen LogP contribution in [0.5, 0.6) is 23.0 Å². The third-order valence-corrected chi connectivity index (χ3v) is 6.81. The number of aliphatic hydroxyl groups is 1. The number of carbonyl (C=O) groups excluding carboxylic acids is 2. The summed E-state index contributed by atoms with van der Waals surface area (Å²) in [5.41, 5.74) is 2.96. The molecule has 1 aliphatic rings. The molecule has 0 saturated carbocycles. The monoisotopic (exact) mass is 545 g/mol. The Balaban J connectivity index is 1.79. The Morgan fingerprint density at radius 1 is 0.875 bits per heavy atom. The SMILES string of the molecule is CCOc1ccc(/C(O)=C2/C(=O)C(=O)N(CCc3ccc(OC)c(OC)c3)C2c2cccc(C)c2)c(OCC)c1. The molecule has 4 rings (SSSR count). The van der Waals surface area contributed by atoms with E-state index < -0.39 is 17.7 Å². The van der Waals surface area contributed by atoms with Crippen molar-refractivity contribution < 1.29 is 33.6 Å². The van der Waals surface area contributed by atoms with Crippen LogP contribution in [0.3, 0.4) is 0 Å². The summed E-state index contributed by atoms with van der Waals surface area (Å²) < 4.78 is 22.1. The fraction of sp³-hybridized carbons (Fsp3) is 0.312. The molecular weight excluding hydrogens is 510 g/mol. The van der Waals surface area contributed by atoms with Gasteiger partial charge in [-0.1, -0.05) is 35.9 Å². The third kappa shape index (κ3) is 5.76. The number of benzene rings is 3. The highest BCUT2D eigenvalue weighted by Gasteiger charge is 2.46. The van der Waals surface area contributed by atoms with Crippen molar-refractivity contribution in [2.24, 2.45) is 0 Å². The summed E-state index contributed by atoms with van der Waals surface area (Å²) in [4.78, 5) is 28.5. The van der Waals surface area contributed by atoms with E-state index >= 15 is 0 Å². The van der Waals surface area contributed by atoms with Gasteiger partial charge in [0.05, 0.1) is 44.6 Å². The molecule has 0 radical (unpaired) electrons. The number of likely N-dealkylation sites (tertiary alicyclic amines) is 1. The van der Waals surface area contributed by atoms with Crippen molar-refractivity contribution >= 4 is 17.4 Å². The molecule has 1 aliphatic heterocycles. The first-order chi connectivity index (χ1) is 19.3. The van der Waals surface area contributed by atoms with Crippen molar-refractivity contribution in [3.63, 3.8) is 0 Å². The molecule has 1 saturated heterocycles. The molecule has 1 heterocycles. The quantitative estimate of drug-likeness (QED) is 0.194. The van der Waals surface area contributed by atoms with E-state index in [-0.39, 0.29) is 17.9 Å². The normalized spacial score (nSPS) is 16.2. The Hall–Kier alpha value is -4.46. The average Bonchev–Trinajstić information content (AvgIpc) is 3.21. The fourth-order valence-corrected chi connectivity index (χ4v) is 4.96. The van der Waals surface area contributed by atoms with Crippen molar-refractivity contribution in [3.8, 4) is 23.0 Å². The zero-order valence-electron chi connectivity index (χ0n) is 23.5. The molecule has 1 amide bonds. The number of carbonyl (C=O) groups is 2. The molecule has 0 bridgehead atoms. The Kier molecular flexibility index (Phi) is 8.99. The molecule has 0 aliphatic carbocycles. The number of hydrogen-bond acceptors (Lipinski definition) is 7. The maximum absolute atomic E-state index is 13.5. The Labute approximate surface area is 234 Å². The molecule has 8 heteroatoms. The van der Waals surface area contributed by atoms with Crippen LogP contribution in [0.4, 0.5) is 0 Å². The predicted molar refractivity (Wildman–Crippen MR) is 152 cm³/mol. The number of ether oxygens (including phenoxy) is 4. The lowest BCUT2D eigenvalue weighted by Crippen LogP contribution is -2.31. The van der Waals surface area contributed by atoms with Crippen LogP contribution >= 0.6 is 0 Å². The lowest BCUT2D eigenvalue weighted by atomic mass is 9.94. The minimum Gasteiger partial charge on any atom is -0.507 e. The van der Waals surface area contributed by atoms with Gasteiger partial charge in [0.2, 0.25) is 0 Å². The number of hydrogen-bond donors (Lipinski definition) is 1. The molecule has 210 valence electrons. The van der Waals surface area contributed by atoms with E-state index in [9.17, 15) is 14.7 Å². The second-order valence-electron chi connectivity index (χ2n) is 9.37. The van der Waals surface area contributed by atoms with Crippen LogP contribution in [-0.4, -0.2) is 55.7 Å². The molecule has 8 nitrogen and oxygen atoms in total. The molecule has 0 aromatic heterocycles. The Bertz CT molecular complexity index is 1430. The van der Waals surface area contributed by atoms with Gasteiger partial charge in [0.25, 0.3) is 11.7 Å². The summed E-state index contributed by atoms with van der Waals surface area (Å²) in [5.74, 6) is 0.428. The zero-order chi connectivity index (χ0) is 28.8. The van der Waals surface area contributed by atoms with Crippen LogP contribution in [0, 0.1) is 6.92 Å². The smallest absolute Gasteiger partial charge is 0.295 e. The average molecular weight is 546 g/mol. The number of Topliss-reactive ketones (excluding diaryl/α,β-unsaturated/α-hetero) is 1. The van der Waals surface area contributed by atoms with Gasteiger partial charge >= 0.3 is 0 Å². The molecule has 3 aromatic rings. The highest BCUT2D eigenvalue weighted by Crippen LogP contribution is 2.42. The zero-order valence-corrected chi connectivity index (χ0v) is 23.5. The van der Waals surface area contributed by atoms with E-state index in [1.165, 1.54) is 4.90 Å². The van der Waals surface area contributed by atoms with Crippen molar-refractivity contribution in [1.82, 2.24) is 4.90 Å². The number of aryl methyl sites for hydroxylation is 1. The maximum Gasteiger partial charge on any atom is 0.295 e. The summed E-state index contributed by atoms with van der Waals surface area (Å²) in [7, 11) is 3.13. The summed E-state index contributed by atoms with van der Waals surface area (Å²) in [6.45, 7) is 6.71. The number of methoxy groups -OCH3 is 2. The number of aliphatic hydroxyl groups excluding tert-OH is 1. The van der Waals surface area contributed by atoms with Gasteiger partial charge in [0.15, 0.2) is 11.5 Å². The van der Waals surface area contributed by atoms with Crippen LogP contribution in [-0.2, 0) is 16.0 Å². The lowest BCUT2D eigenvalue weighted by Gasteiger charge is -2.26. The van der Waals surface area contributed by atoms with E-state index in [1.807, 2.05) is 63.2 Å². The van der Waals surface area contributed by atoms with Crippen LogP contribution in [0.25, 0.3) is 5.76 Å². The minimum absolute atomic E-state index is 0.0213. The number of nitrogens with zero attached hydrogens (tertiary/aromatic N) is 1. The number of ketones is 1. The van der Waals surface area contributed by atoms with Crippen molar-refractivity contribution in [1.29, 1.82) is 0 Å². The highest BCUT2D eigenvalue weighted by molar-refractivity contribution is 6.46. The second kappa shape index (κ2) is 12.6. The van der Waals surface area contributed by atoms with Gasteiger partial charge in [-0.15, -0.1) is 0 Å². The van der Waals surface area contributed by atoms with Crippen LogP contribution < -0.4 is 18.9 Å². The molecule has 1 N–H and O–H groups in total. The van der Waals surface area contributed by atoms with Crippen LogP contribution in [0.15, 0.2) is 66.2 Å². The van der Waals surface area contributed by atoms with Gasteiger partial charge in [-0.2, -0.15) is 0 Å². The summed E-state index contributed by atoms with van der Waals surface area (Å²) in [6.07, 6.45) is 0.461. The lowest BCUT2D eigenvalue weighted by molar-refractivity contribution is -0.139. The van der Waals surface area contributed by atoms with Gasteiger partial charge in [-0.25, -0.2) is 0 Å². The maximum atomic E-state index is 13.5. The summed E-state index contributed by atoms with van der Waals surface area (Å²) >= 11 is 0. The molecule has 1 fully saturated rings. The summed E-state index contributed by atoms with van der Waals surface area (Å²) in [6, 6.07) is 17.4. The highest BCUT2D eigenvalue weighted by atomic mass is 16.5. The fourth-order valence-electron chi connectivity index (χ4n) is 4.96. The first-order valence-electron chi connectivity index (χ1n) is 13.3. The van der Waals surface area contributed by atoms with Gasteiger partial charge < -0.3 is 29.0 Å². The van der Waals surface area contributed by atoms with Gasteiger partial charge in [-0.3, -0.25) is 9.59 Å². The molecule has 40 heavy (non-hydrogen) atoms. The van der Waals surface area contributed by atoms with E-state index in [1.54, 1.807) is 32.4 Å². The number of rotatable bonds is 11.